The molecule has 0 spiro atoms. The zero-order valence-corrected chi connectivity index (χ0v) is 18.9. The van der Waals surface area contributed by atoms with E-state index in [1.807, 2.05) is 0 Å². The van der Waals surface area contributed by atoms with E-state index in [4.69, 9.17) is 22.3 Å². The third-order valence-corrected chi connectivity index (χ3v) is 4.76. The molecule has 0 aromatic heterocycles. The average Bonchev–Trinajstić information content (AvgIpc) is 2.79. The predicted molar refractivity (Wildman–Crippen MR) is 124 cm³/mol. The van der Waals surface area contributed by atoms with Gasteiger partial charge < -0.3 is 43.4 Å². The lowest BCUT2D eigenvalue weighted by atomic mass is 10.0. The number of aliphatic imine (C=N–C) groups is 1. The number of aliphatic hydroxyl groups excluding tert-OH is 1. The number of aliphatic hydroxyl groups is 1. The molecule has 0 fully saturated rings. The maximum absolute atomic E-state index is 12.8. The number of aliphatic carboxylic acids is 1. The Hall–Kier alpha value is -3.71. The van der Waals surface area contributed by atoms with Gasteiger partial charge in [-0.15, -0.1) is 0 Å². The van der Waals surface area contributed by atoms with Gasteiger partial charge in [-0.05, 0) is 25.3 Å². The molecule has 1 aromatic carbocycles. The van der Waals surface area contributed by atoms with Crippen molar-refractivity contribution in [2.24, 2.45) is 22.2 Å². The molecule has 13 heteroatoms. The standard InChI is InChI=1S/C21H33N7O6/c1-12(17(30)27-15(20(33)34)8-5-9-25-21(23)24)26-19(32)16(28-18(31)14(22)11-29)10-13-6-3-2-4-7-13/h2-4,6-7,12,14-16,29H,5,8-11,22H2,1H3,(H,26,32)(H,27,30)(H,28,31)(H,33,34)(H4,23,24,25). The van der Waals surface area contributed by atoms with E-state index in [2.05, 4.69) is 20.9 Å². The van der Waals surface area contributed by atoms with Gasteiger partial charge in [0.15, 0.2) is 5.96 Å². The van der Waals surface area contributed by atoms with E-state index in [1.54, 1.807) is 30.3 Å². The second kappa shape index (κ2) is 14.4. The molecule has 11 N–H and O–H groups in total. The lowest BCUT2D eigenvalue weighted by molar-refractivity contribution is -0.142. The van der Waals surface area contributed by atoms with Crippen molar-refractivity contribution in [2.45, 2.75) is 50.4 Å². The molecule has 3 amide bonds. The normalized spacial score (nSPS) is 14.1. The van der Waals surface area contributed by atoms with Crippen LogP contribution in [-0.4, -0.2) is 77.2 Å². The van der Waals surface area contributed by atoms with E-state index in [1.165, 1.54) is 6.92 Å². The summed E-state index contributed by atoms with van der Waals surface area (Å²) in [4.78, 5) is 52.7. The van der Waals surface area contributed by atoms with Crippen LogP contribution >= 0.6 is 0 Å². The Labute approximate surface area is 197 Å². The van der Waals surface area contributed by atoms with Crippen LogP contribution in [0.15, 0.2) is 35.3 Å². The molecule has 1 rings (SSSR count). The first kappa shape index (κ1) is 28.3. The maximum atomic E-state index is 12.8. The number of rotatable bonds is 14. The molecule has 4 unspecified atom stereocenters. The van der Waals surface area contributed by atoms with Crippen LogP contribution in [0.5, 0.6) is 0 Å². The van der Waals surface area contributed by atoms with E-state index in [9.17, 15) is 24.3 Å². The first-order valence-electron chi connectivity index (χ1n) is 10.6. The van der Waals surface area contributed by atoms with Crippen molar-refractivity contribution in [3.05, 3.63) is 35.9 Å². The third kappa shape index (κ3) is 10.3. The van der Waals surface area contributed by atoms with E-state index in [0.29, 0.717) is 6.42 Å². The molecule has 0 aliphatic carbocycles. The van der Waals surface area contributed by atoms with Crippen molar-refractivity contribution in [3.8, 4) is 0 Å². The molecule has 0 heterocycles. The first-order valence-corrected chi connectivity index (χ1v) is 10.6. The average molecular weight is 480 g/mol. The minimum absolute atomic E-state index is 0.0737. The lowest BCUT2D eigenvalue weighted by Crippen LogP contribution is -2.57. The second-order valence-electron chi connectivity index (χ2n) is 7.62. The number of hydrogen-bond acceptors (Lipinski definition) is 7. The summed E-state index contributed by atoms with van der Waals surface area (Å²) in [7, 11) is 0. The SMILES string of the molecule is CC(NC(=O)C(Cc1ccccc1)NC(=O)C(N)CO)C(=O)NC(CCCN=C(N)N)C(=O)O. The van der Waals surface area contributed by atoms with E-state index in [0.717, 1.165) is 5.56 Å². The fraction of sp³-hybridized carbons (Fsp3) is 0.476. The number of carboxylic acid groups (broad SMARTS) is 1. The van der Waals surface area contributed by atoms with Crippen molar-refractivity contribution in [3.63, 3.8) is 0 Å². The van der Waals surface area contributed by atoms with E-state index < -0.39 is 54.5 Å². The van der Waals surface area contributed by atoms with Crippen LogP contribution in [0, 0.1) is 0 Å². The van der Waals surface area contributed by atoms with Crippen LogP contribution in [0.3, 0.4) is 0 Å². The summed E-state index contributed by atoms with van der Waals surface area (Å²) < 4.78 is 0. The van der Waals surface area contributed by atoms with Gasteiger partial charge in [-0.25, -0.2) is 4.79 Å². The Morgan fingerprint density at radius 3 is 2.15 bits per heavy atom. The Kier molecular flexibility index (Phi) is 12.0. The Balaban J connectivity index is 2.80. The number of guanidine groups is 1. The summed E-state index contributed by atoms with van der Waals surface area (Å²) >= 11 is 0. The van der Waals surface area contributed by atoms with Crippen molar-refractivity contribution in [2.75, 3.05) is 13.2 Å². The molecule has 0 aliphatic heterocycles. The van der Waals surface area contributed by atoms with Gasteiger partial charge in [0.2, 0.25) is 17.7 Å². The first-order chi connectivity index (χ1) is 16.0. The predicted octanol–water partition coefficient (Wildman–Crippen LogP) is -2.84. The second-order valence-corrected chi connectivity index (χ2v) is 7.62. The van der Waals surface area contributed by atoms with Crippen LogP contribution in [0.4, 0.5) is 0 Å². The topological polar surface area (TPSA) is 235 Å². The third-order valence-electron chi connectivity index (χ3n) is 4.76. The van der Waals surface area contributed by atoms with Gasteiger partial charge in [0.05, 0.1) is 6.61 Å². The number of carbonyl (C=O) groups is 4. The van der Waals surface area contributed by atoms with Crippen molar-refractivity contribution >= 4 is 29.7 Å². The fourth-order valence-electron chi connectivity index (χ4n) is 2.86. The molecule has 188 valence electrons. The molecule has 13 nitrogen and oxygen atoms in total. The van der Waals surface area contributed by atoms with Crippen LogP contribution in [0.25, 0.3) is 0 Å². The van der Waals surface area contributed by atoms with Crippen LogP contribution in [0.2, 0.25) is 0 Å². The molecular formula is C21H33N7O6. The number of carbonyl (C=O) groups excluding carboxylic acids is 3. The Bertz CT molecular complexity index is 860. The molecule has 1 aromatic rings. The highest BCUT2D eigenvalue weighted by atomic mass is 16.4. The Morgan fingerprint density at radius 2 is 1.59 bits per heavy atom. The fourth-order valence-corrected chi connectivity index (χ4v) is 2.86. The highest BCUT2D eigenvalue weighted by molar-refractivity contribution is 5.94. The van der Waals surface area contributed by atoms with Crippen molar-refractivity contribution in [1.82, 2.24) is 16.0 Å². The minimum Gasteiger partial charge on any atom is -0.480 e. The van der Waals surface area contributed by atoms with Crippen molar-refractivity contribution < 1.29 is 29.4 Å². The molecule has 34 heavy (non-hydrogen) atoms. The summed E-state index contributed by atoms with van der Waals surface area (Å²) in [5.74, 6) is -3.50. The number of hydrogen-bond donors (Lipinski definition) is 8. The minimum atomic E-state index is -1.25. The van der Waals surface area contributed by atoms with Crippen LogP contribution in [-0.2, 0) is 25.6 Å². The number of nitrogens with two attached hydrogens (primary N) is 3. The monoisotopic (exact) mass is 479 g/mol. The largest absolute Gasteiger partial charge is 0.480 e. The number of amides is 3. The van der Waals surface area contributed by atoms with Crippen LogP contribution in [0.1, 0.15) is 25.3 Å². The summed E-state index contributed by atoms with van der Waals surface area (Å²) in [6.45, 7) is 0.974. The molecule has 0 radical (unpaired) electrons. The van der Waals surface area contributed by atoms with Crippen molar-refractivity contribution in [1.29, 1.82) is 0 Å². The van der Waals surface area contributed by atoms with E-state index >= 15 is 0 Å². The van der Waals surface area contributed by atoms with Gasteiger partial charge in [-0.1, -0.05) is 30.3 Å². The molecule has 0 saturated carbocycles. The summed E-state index contributed by atoms with van der Waals surface area (Å²) in [6.07, 6.45) is 0.490. The number of nitrogens with zero attached hydrogens (tertiary/aromatic N) is 1. The zero-order chi connectivity index (χ0) is 25.7. The lowest BCUT2D eigenvalue weighted by Gasteiger charge is -2.23. The van der Waals surface area contributed by atoms with Gasteiger partial charge in [0, 0.05) is 13.0 Å². The molecule has 4 atom stereocenters. The maximum Gasteiger partial charge on any atom is 0.326 e. The quantitative estimate of drug-likeness (QED) is 0.0778. The van der Waals surface area contributed by atoms with Gasteiger partial charge >= 0.3 is 5.97 Å². The summed E-state index contributed by atoms with van der Waals surface area (Å²) in [5, 5.41) is 25.7. The molecule has 0 bridgehead atoms. The van der Waals surface area contributed by atoms with E-state index in [-0.39, 0.29) is 25.3 Å². The summed E-state index contributed by atoms with van der Waals surface area (Å²) in [6, 6.07) is 4.23. The van der Waals surface area contributed by atoms with Gasteiger partial charge in [0.1, 0.15) is 24.2 Å². The molecular weight excluding hydrogens is 446 g/mol. The number of nitrogens with one attached hydrogen (secondary N) is 3. The number of benzene rings is 1. The smallest absolute Gasteiger partial charge is 0.326 e. The highest BCUT2D eigenvalue weighted by Crippen LogP contribution is 2.05. The molecule has 0 aliphatic rings. The zero-order valence-electron chi connectivity index (χ0n) is 18.9. The number of carboxylic acids is 1. The van der Waals surface area contributed by atoms with Crippen LogP contribution < -0.4 is 33.2 Å². The highest BCUT2D eigenvalue weighted by Gasteiger charge is 2.28. The Morgan fingerprint density at radius 1 is 0.971 bits per heavy atom. The van der Waals surface area contributed by atoms with Gasteiger partial charge in [-0.3, -0.25) is 19.4 Å². The molecule has 0 saturated heterocycles. The summed E-state index contributed by atoms with van der Waals surface area (Å²) in [5.41, 5.74) is 16.7. The van der Waals surface area contributed by atoms with Gasteiger partial charge in [-0.2, -0.15) is 0 Å². The van der Waals surface area contributed by atoms with Gasteiger partial charge in [0.25, 0.3) is 0 Å².